The summed E-state index contributed by atoms with van der Waals surface area (Å²) in [4.78, 5) is 9.22. The first-order chi connectivity index (χ1) is 7.73. The average molecular weight is 344 g/mol. The molecule has 0 aliphatic rings. The maximum absolute atomic E-state index is 9.22. The molecule has 0 aliphatic carbocycles. The maximum Gasteiger partial charge on any atom is 0.214 e. The Morgan fingerprint density at radius 2 is 1.00 bits per heavy atom. The smallest absolute Gasteiger partial charge is 0.214 e. The molecule has 2 nitrogen and oxygen atoms in total. The van der Waals surface area contributed by atoms with Gasteiger partial charge in [-0.3, -0.25) is 4.79 Å². The number of rotatable bonds is 0. The van der Waals surface area contributed by atoms with Crippen molar-refractivity contribution in [1.29, 1.82) is 0 Å². The predicted molar refractivity (Wildman–Crippen MR) is 65.4 cm³/mol. The zero-order valence-electron chi connectivity index (χ0n) is 10.7. The van der Waals surface area contributed by atoms with Crippen molar-refractivity contribution in [2.45, 2.75) is 6.92 Å². The molecule has 0 fully saturated rings. The molecule has 18 heavy (non-hydrogen) atoms. The van der Waals surface area contributed by atoms with Crippen LogP contribution in [0.2, 0.25) is 0 Å². The zero-order valence-corrected chi connectivity index (χ0v) is 16.6. The number of benzene rings is 2. The SMILES string of the molecule is CC(N)=O.[Zn].[Zn].[c-]1ccccc1.[c-]1ccccc1. The molecule has 0 bridgehead atoms. The first-order valence-corrected chi connectivity index (χ1v) is 4.81. The van der Waals surface area contributed by atoms with E-state index < -0.39 is 0 Å². The molecule has 0 saturated carbocycles. The summed E-state index contributed by atoms with van der Waals surface area (Å²) in [6.07, 6.45) is 0. The van der Waals surface area contributed by atoms with Gasteiger partial charge in [0.15, 0.2) is 0 Å². The average Bonchev–Trinajstić information content (AvgIpc) is 2.34. The summed E-state index contributed by atoms with van der Waals surface area (Å²) in [6.45, 7) is 1.31. The Kier molecular flexibility index (Phi) is 23.0. The van der Waals surface area contributed by atoms with Crippen LogP contribution in [-0.2, 0) is 43.8 Å². The van der Waals surface area contributed by atoms with Gasteiger partial charge in [0.25, 0.3) is 0 Å². The van der Waals surface area contributed by atoms with E-state index in [1.807, 2.05) is 60.7 Å². The molecule has 0 spiro atoms. The summed E-state index contributed by atoms with van der Waals surface area (Å²) < 4.78 is 0. The van der Waals surface area contributed by atoms with E-state index in [1.54, 1.807) is 0 Å². The summed E-state index contributed by atoms with van der Waals surface area (Å²) in [5.41, 5.74) is 4.47. The number of primary amides is 1. The number of amides is 1. The van der Waals surface area contributed by atoms with Gasteiger partial charge >= 0.3 is 0 Å². The van der Waals surface area contributed by atoms with Gasteiger partial charge in [-0.25, -0.2) is 0 Å². The van der Waals surface area contributed by atoms with Crippen molar-refractivity contribution < 1.29 is 43.8 Å². The van der Waals surface area contributed by atoms with E-state index in [1.165, 1.54) is 6.92 Å². The fourth-order valence-corrected chi connectivity index (χ4v) is 0.684. The van der Waals surface area contributed by atoms with Crippen molar-refractivity contribution in [2.24, 2.45) is 5.73 Å². The Labute approximate surface area is 134 Å². The van der Waals surface area contributed by atoms with E-state index in [0.717, 1.165) is 0 Å². The van der Waals surface area contributed by atoms with Crippen LogP contribution in [0, 0.1) is 12.1 Å². The molecule has 0 atom stereocenters. The van der Waals surface area contributed by atoms with Crippen LogP contribution in [0.15, 0.2) is 60.7 Å². The van der Waals surface area contributed by atoms with Gasteiger partial charge in [0.05, 0.1) is 0 Å². The largest absolute Gasteiger partial charge is 0.370 e. The second-order valence-electron chi connectivity index (χ2n) is 2.77. The van der Waals surface area contributed by atoms with E-state index in [-0.39, 0.29) is 44.9 Å². The van der Waals surface area contributed by atoms with Crippen LogP contribution in [0.1, 0.15) is 6.92 Å². The Morgan fingerprint density at radius 1 is 0.778 bits per heavy atom. The van der Waals surface area contributed by atoms with Crippen molar-refractivity contribution in [3.05, 3.63) is 72.8 Å². The molecule has 1 amide bonds. The van der Waals surface area contributed by atoms with Gasteiger partial charge in [-0.15, -0.1) is 0 Å². The Bertz CT molecular complexity index is 266. The third-order valence-corrected chi connectivity index (χ3v) is 1.21. The van der Waals surface area contributed by atoms with Crippen LogP contribution in [0.25, 0.3) is 0 Å². The fraction of sp³-hybridized carbons (Fsp3) is 0.0714. The Hall–Kier alpha value is -0.843. The standard InChI is InChI=1S/2C6H5.C2H5NO.2Zn/c2*1-2-4-6-5-3-1;1-2(3)4;;/h2*1-5H;1H3,(H2,3,4);;/q2*-1;;;. The van der Waals surface area contributed by atoms with Crippen molar-refractivity contribution in [3.63, 3.8) is 0 Å². The molecule has 0 radical (unpaired) electrons. The van der Waals surface area contributed by atoms with Crippen LogP contribution in [0.3, 0.4) is 0 Å². The van der Waals surface area contributed by atoms with Gasteiger partial charge in [0.1, 0.15) is 0 Å². The minimum Gasteiger partial charge on any atom is -0.370 e. The van der Waals surface area contributed by atoms with Crippen LogP contribution in [-0.4, -0.2) is 5.91 Å². The first kappa shape index (κ1) is 22.3. The van der Waals surface area contributed by atoms with Crippen LogP contribution in [0.4, 0.5) is 0 Å². The Balaban J connectivity index is -0.000000182. The number of carbonyl (C=O) groups is 1. The molecule has 0 aromatic heterocycles. The maximum atomic E-state index is 9.22. The molecule has 0 saturated heterocycles. The van der Waals surface area contributed by atoms with E-state index in [9.17, 15) is 4.79 Å². The van der Waals surface area contributed by atoms with Crippen molar-refractivity contribution in [3.8, 4) is 0 Å². The van der Waals surface area contributed by atoms with Crippen LogP contribution in [0.5, 0.6) is 0 Å². The van der Waals surface area contributed by atoms with Crippen LogP contribution >= 0.6 is 0 Å². The molecule has 2 rings (SSSR count). The Morgan fingerprint density at radius 3 is 1.06 bits per heavy atom. The fourth-order valence-electron chi connectivity index (χ4n) is 0.684. The van der Waals surface area contributed by atoms with Crippen LogP contribution < -0.4 is 5.73 Å². The second kappa shape index (κ2) is 18.5. The molecule has 0 unspecified atom stereocenters. The van der Waals surface area contributed by atoms with E-state index >= 15 is 0 Å². The summed E-state index contributed by atoms with van der Waals surface area (Å²) in [5.74, 6) is -0.333. The van der Waals surface area contributed by atoms with Gasteiger partial charge in [-0.2, -0.15) is 72.8 Å². The van der Waals surface area contributed by atoms with E-state index in [2.05, 4.69) is 17.9 Å². The van der Waals surface area contributed by atoms with E-state index in [0.29, 0.717) is 0 Å². The van der Waals surface area contributed by atoms with Gasteiger partial charge in [-0.1, -0.05) is 0 Å². The number of hydrogen-bond acceptors (Lipinski definition) is 1. The normalized spacial score (nSPS) is 6.72. The topological polar surface area (TPSA) is 43.1 Å². The summed E-state index contributed by atoms with van der Waals surface area (Å²) in [7, 11) is 0. The van der Waals surface area contributed by atoms with Crippen molar-refractivity contribution in [2.75, 3.05) is 0 Å². The second-order valence-corrected chi connectivity index (χ2v) is 2.77. The van der Waals surface area contributed by atoms with Gasteiger partial charge in [0, 0.05) is 45.9 Å². The third-order valence-electron chi connectivity index (χ3n) is 1.21. The number of hydrogen-bond donors (Lipinski definition) is 1. The quantitative estimate of drug-likeness (QED) is 0.579. The number of nitrogens with two attached hydrogens (primary N) is 1. The minimum absolute atomic E-state index is 0. The minimum atomic E-state index is -0.333. The van der Waals surface area contributed by atoms with E-state index in [4.69, 9.17) is 0 Å². The number of carbonyl (C=O) groups excluding carboxylic acids is 1. The molecule has 2 N–H and O–H groups in total. The predicted octanol–water partition coefficient (Wildman–Crippen LogP) is 2.46. The van der Waals surface area contributed by atoms with Gasteiger partial charge < -0.3 is 5.73 Å². The van der Waals surface area contributed by atoms with Gasteiger partial charge in [0.2, 0.25) is 5.91 Å². The summed E-state index contributed by atoms with van der Waals surface area (Å²) in [6, 6.07) is 25.0. The molecule has 0 heterocycles. The third kappa shape index (κ3) is 24.4. The molecule has 2 aromatic carbocycles. The zero-order chi connectivity index (χ0) is 12.1. The monoisotopic (exact) mass is 341 g/mol. The molecular weight excluding hydrogens is 329 g/mol. The molecular formula is C14H15NOZn2-2. The van der Waals surface area contributed by atoms with Crippen molar-refractivity contribution >= 4 is 5.91 Å². The first-order valence-electron chi connectivity index (χ1n) is 4.81. The summed E-state index contributed by atoms with van der Waals surface area (Å²) >= 11 is 0. The molecule has 88 valence electrons. The molecule has 2 aromatic rings. The molecule has 4 heteroatoms. The van der Waals surface area contributed by atoms with Gasteiger partial charge in [-0.05, 0) is 0 Å². The summed E-state index contributed by atoms with van der Waals surface area (Å²) in [5, 5.41) is 0. The molecule has 0 aliphatic heterocycles. The van der Waals surface area contributed by atoms with Crippen molar-refractivity contribution in [1.82, 2.24) is 0 Å².